The van der Waals surface area contributed by atoms with Gasteiger partial charge in [0.1, 0.15) is 17.7 Å². The van der Waals surface area contributed by atoms with Crippen LogP contribution in [0.3, 0.4) is 0 Å². The fraction of sp³-hybridized carbons (Fsp3) is 0.296. The highest BCUT2D eigenvalue weighted by Gasteiger charge is 2.29. The molecule has 1 aliphatic rings. The standard InChI is InChI=1S/C27H26Cl2N2O4S/c1-15(2)35-22-6-4-3-5-19(22)23-20(28)13-21-25(24(23)29)31-27(30-21)26(32)17-9-11-18(12-10-17)36(33,34)14-16-7-8-16/h3-6,9-13,15-16,26,32H,7-8,14H2,1-2H3,(H,30,31). The predicted octanol–water partition coefficient (Wildman–Crippen LogP) is 6.59. The summed E-state index contributed by atoms with van der Waals surface area (Å²) in [4.78, 5) is 7.90. The van der Waals surface area contributed by atoms with E-state index in [9.17, 15) is 13.5 Å². The third-order valence-electron chi connectivity index (χ3n) is 6.18. The first kappa shape index (κ1) is 25.1. The van der Waals surface area contributed by atoms with Crippen LogP contribution in [0.1, 0.15) is 44.2 Å². The van der Waals surface area contributed by atoms with Crippen LogP contribution < -0.4 is 4.74 Å². The molecule has 2 N–H and O–H groups in total. The number of sulfone groups is 1. The maximum Gasteiger partial charge on any atom is 0.178 e. The first-order valence-corrected chi connectivity index (χ1v) is 14.2. The molecule has 36 heavy (non-hydrogen) atoms. The summed E-state index contributed by atoms with van der Waals surface area (Å²) in [6.45, 7) is 3.89. The zero-order valence-electron chi connectivity index (χ0n) is 19.8. The first-order chi connectivity index (χ1) is 17.1. The lowest BCUT2D eigenvalue weighted by atomic mass is 10.0. The average molecular weight is 545 g/mol. The van der Waals surface area contributed by atoms with Gasteiger partial charge >= 0.3 is 0 Å². The molecule has 0 aliphatic heterocycles. The van der Waals surface area contributed by atoms with Crippen LogP contribution in [-0.4, -0.2) is 35.3 Å². The lowest BCUT2D eigenvalue weighted by molar-refractivity contribution is 0.211. The van der Waals surface area contributed by atoms with Gasteiger partial charge in [0, 0.05) is 11.1 Å². The number of aromatic nitrogens is 2. The number of hydrogen-bond donors (Lipinski definition) is 2. The summed E-state index contributed by atoms with van der Waals surface area (Å²) in [5.74, 6) is 1.37. The van der Waals surface area contributed by atoms with Crippen LogP contribution >= 0.6 is 23.2 Å². The topological polar surface area (TPSA) is 92.3 Å². The molecular weight excluding hydrogens is 519 g/mol. The molecule has 1 aromatic heterocycles. The molecule has 188 valence electrons. The second-order valence-corrected chi connectivity index (χ2v) is 12.2. The number of aliphatic hydroxyl groups excluding tert-OH is 1. The summed E-state index contributed by atoms with van der Waals surface area (Å²) in [6, 6.07) is 15.5. The summed E-state index contributed by atoms with van der Waals surface area (Å²) in [7, 11) is -3.32. The van der Waals surface area contributed by atoms with E-state index < -0.39 is 15.9 Å². The number of imidazole rings is 1. The van der Waals surface area contributed by atoms with Crippen molar-refractivity contribution in [2.24, 2.45) is 5.92 Å². The van der Waals surface area contributed by atoms with Crippen molar-refractivity contribution in [1.82, 2.24) is 9.97 Å². The summed E-state index contributed by atoms with van der Waals surface area (Å²) in [5, 5.41) is 11.8. The van der Waals surface area contributed by atoms with Crippen molar-refractivity contribution in [2.45, 2.75) is 43.8 Å². The molecule has 3 aromatic carbocycles. The molecule has 1 saturated carbocycles. The molecule has 4 aromatic rings. The number of aliphatic hydroxyl groups is 1. The fourth-order valence-electron chi connectivity index (χ4n) is 4.21. The van der Waals surface area contributed by atoms with E-state index in [0.717, 1.165) is 18.4 Å². The van der Waals surface area contributed by atoms with Crippen LogP contribution in [0.2, 0.25) is 10.0 Å². The minimum atomic E-state index is -3.32. The van der Waals surface area contributed by atoms with Crippen LogP contribution in [0.5, 0.6) is 5.75 Å². The second kappa shape index (κ2) is 9.71. The third kappa shape index (κ3) is 4.98. The van der Waals surface area contributed by atoms with E-state index >= 15 is 0 Å². The minimum Gasteiger partial charge on any atom is -0.490 e. The molecule has 0 saturated heterocycles. The third-order valence-corrected chi connectivity index (χ3v) is 8.75. The summed E-state index contributed by atoms with van der Waals surface area (Å²) in [5.41, 5.74) is 2.92. The number of halogens is 2. The van der Waals surface area contributed by atoms with Gasteiger partial charge in [-0.3, -0.25) is 0 Å². The van der Waals surface area contributed by atoms with Gasteiger partial charge in [0.15, 0.2) is 9.84 Å². The van der Waals surface area contributed by atoms with Crippen LogP contribution in [0.4, 0.5) is 0 Å². The molecule has 1 fully saturated rings. The molecule has 1 aliphatic carbocycles. The van der Waals surface area contributed by atoms with Gasteiger partial charge in [-0.15, -0.1) is 0 Å². The van der Waals surface area contributed by atoms with Crippen molar-refractivity contribution in [2.75, 3.05) is 5.75 Å². The number of fused-ring (bicyclic) bond motifs is 1. The van der Waals surface area contributed by atoms with Crippen molar-refractivity contribution in [3.8, 4) is 16.9 Å². The zero-order valence-corrected chi connectivity index (χ0v) is 22.2. The van der Waals surface area contributed by atoms with Crippen LogP contribution in [-0.2, 0) is 9.84 Å². The maximum atomic E-state index is 12.5. The normalized spacial score (nSPS) is 14.9. The number of ether oxygens (including phenoxy) is 1. The Bertz CT molecular complexity index is 1530. The Morgan fingerprint density at radius 1 is 1.11 bits per heavy atom. The molecule has 9 heteroatoms. The molecule has 5 rings (SSSR count). The number of nitrogens with one attached hydrogen (secondary N) is 1. The van der Waals surface area contributed by atoms with E-state index in [1.54, 1.807) is 18.2 Å². The first-order valence-electron chi connectivity index (χ1n) is 11.8. The summed E-state index contributed by atoms with van der Waals surface area (Å²) >= 11 is 13.5. The number of nitrogens with zero attached hydrogens (tertiary/aromatic N) is 1. The lowest BCUT2D eigenvalue weighted by Crippen LogP contribution is -2.09. The molecule has 0 bridgehead atoms. The Labute approximate surface area is 220 Å². The summed E-state index contributed by atoms with van der Waals surface area (Å²) < 4.78 is 31.0. The van der Waals surface area contributed by atoms with Gasteiger partial charge in [-0.25, -0.2) is 13.4 Å². The predicted molar refractivity (Wildman–Crippen MR) is 143 cm³/mol. The van der Waals surface area contributed by atoms with E-state index in [2.05, 4.69) is 9.97 Å². The zero-order chi connectivity index (χ0) is 25.6. The number of hydrogen-bond acceptors (Lipinski definition) is 5. The highest BCUT2D eigenvalue weighted by molar-refractivity contribution is 7.91. The molecule has 0 radical (unpaired) electrons. The van der Waals surface area contributed by atoms with Gasteiger partial charge in [0.2, 0.25) is 0 Å². The molecule has 1 unspecified atom stereocenters. The number of rotatable bonds is 8. The number of H-pyrrole nitrogens is 1. The van der Waals surface area contributed by atoms with Crippen molar-refractivity contribution in [3.63, 3.8) is 0 Å². The number of benzene rings is 3. The van der Waals surface area contributed by atoms with Crippen LogP contribution in [0, 0.1) is 5.92 Å². The van der Waals surface area contributed by atoms with Gasteiger partial charge in [-0.05, 0) is 62.4 Å². The van der Waals surface area contributed by atoms with E-state index in [1.165, 1.54) is 12.1 Å². The largest absolute Gasteiger partial charge is 0.490 e. The minimum absolute atomic E-state index is 0.0311. The van der Waals surface area contributed by atoms with E-state index in [4.69, 9.17) is 27.9 Å². The van der Waals surface area contributed by atoms with E-state index in [-0.39, 0.29) is 28.5 Å². The van der Waals surface area contributed by atoms with Crippen molar-refractivity contribution in [1.29, 1.82) is 0 Å². The Kier molecular flexibility index (Phi) is 6.76. The van der Waals surface area contributed by atoms with E-state index in [1.807, 2.05) is 38.1 Å². The quantitative estimate of drug-likeness (QED) is 0.261. The maximum absolute atomic E-state index is 12.5. The Morgan fingerprint density at radius 2 is 1.81 bits per heavy atom. The lowest BCUT2D eigenvalue weighted by Gasteiger charge is -2.16. The highest BCUT2D eigenvalue weighted by atomic mass is 35.5. The van der Waals surface area contributed by atoms with Crippen LogP contribution in [0.15, 0.2) is 59.5 Å². The molecule has 1 heterocycles. The van der Waals surface area contributed by atoms with E-state index in [0.29, 0.717) is 38.0 Å². The summed E-state index contributed by atoms with van der Waals surface area (Å²) in [6.07, 6.45) is 0.795. The SMILES string of the molecule is CC(C)Oc1ccccc1-c1c(Cl)cc2nc(C(O)c3ccc(S(=O)(=O)CC4CC4)cc3)[nH]c2c1Cl. The Balaban J connectivity index is 1.48. The second-order valence-electron chi connectivity index (χ2n) is 9.42. The van der Waals surface area contributed by atoms with Crippen molar-refractivity contribution < 1.29 is 18.3 Å². The monoisotopic (exact) mass is 544 g/mol. The molecule has 6 nitrogen and oxygen atoms in total. The van der Waals surface area contributed by atoms with Gasteiger partial charge < -0.3 is 14.8 Å². The highest BCUT2D eigenvalue weighted by Crippen LogP contribution is 2.43. The van der Waals surface area contributed by atoms with Crippen molar-refractivity contribution >= 4 is 44.1 Å². The average Bonchev–Trinajstić information content (AvgIpc) is 3.53. The molecule has 0 amide bonds. The van der Waals surface area contributed by atoms with Gasteiger partial charge in [0.05, 0.1) is 37.8 Å². The molecule has 1 atom stereocenters. The van der Waals surface area contributed by atoms with Gasteiger partial charge in [0.25, 0.3) is 0 Å². The fourth-order valence-corrected chi connectivity index (χ4v) is 6.60. The molecule has 0 spiro atoms. The van der Waals surface area contributed by atoms with Gasteiger partial charge in [-0.2, -0.15) is 0 Å². The molecular formula is C27H26Cl2N2O4S. The Morgan fingerprint density at radius 3 is 2.47 bits per heavy atom. The Hall–Kier alpha value is -2.58. The number of aromatic amines is 1. The van der Waals surface area contributed by atoms with Gasteiger partial charge in [-0.1, -0.05) is 53.5 Å². The number of para-hydroxylation sites is 1. The van der Waals surface area contributed by atoms with Crippen molar-refractivity contribution in [3.05, 3.63) is 76.0 Å². The van der Waals surface area contributed by atoms with Crippen LogP contribution in [0.25, 0.3) is 22.2 Å². The smallest absolute Gasteiger partial charge is 0.178 e.